The first-order chi connectivity index (χ1) is 9.13. The highest BCUT2D eigenvalue weighted by atomic mass is 35.5. The third kappa shape index (κ3) is 3.31. The van der Waals surface area contributed by atoms with Crippen LogP contribution in [-0.4, -0.2) is 15.0 Å². The maximum Gasteiger partial charge on any atom is 0.239 e. The number of anilines is 2. The molecule has 2 rings (SSSR count). The molecule has 0 saturated heterocycles. The second-order valence-corrected chi connectivity index (χ2v) is 5.47. The molecule has 0 aromatic carbocycles. The molecule has 4 N–H and O–H groups in total. The maximum atomic E-state index is 6.04. The largest absolute Gasteiger partial charge is 0.360 e. The molecular weight excluding hydrogens is 284 g/mol. The van der Waals surface area contributed by atoms with Crippen molar-refractivity contribution in [3.8, 4) is 0 Å². The topological polar surface area (TPSA) is 88.8 Å². The van der Waals surface area contributed by atoms with E-state index in [1.165, 1.54) is 11.1 Å². The van der Waals surface area contributed by atoms with Crippen molar-refractivity contribution in [3.63, 3.8) is 0 Å². The van der Waals surface area contributed by atoms with Gasteiger partial charge in [0, 0.05) is 11.1 Å². The van der Waals surface area contributed by atoms with Crippen molar-refractivity contribution in [2.24, 2.45) is 5.84 Å². The van der Waals surface area contributed by atoms with E-state index in [9.17, 15) is 0 Å². The van der Waals surface area contributed by atoms with Gasteiger partial charge in [-0.25, -0.2) is 15.8 Å². The first-order valence-electron chi connectivity index (χ1n) is 5.84. The van der Waals surface area contributed by atoms with Crippen molar-refractivity contribution in [1.29, 1.82) is 0 Å². The van der Waals surface area contributed by atoms with Crippen LogP contribution in [0, 0.1) is 0 Å². The zero-order valence-corrected chi connectivity index (χ0v) is 12.2. The van der Waals surface area contributed by atoms with E-state index in [0.29, 0.717) is 16.8 Å². The predicted octanol–water partition coefficient (Wildman–Crippen LogP) is 2.61. The van der Waals surface area contributed by atoms with Crippen LogP contribution in [0.4, 0.5) is 11.8 Å². The number of hydrogen-bond acceptors (Lipinski definition) is 7. The van der Waals surface area contributed by atoms with E-state index >= 15 is 0 Å². The summed E-state index contributed by atoms with van der Waals surface area (Å²) in [6.45, 7) is 4.11. The molecule has 0 amide bonds. The number of nitrogens with two attached hydrogens (primary N) is 1. The highest BCUT2D eigenvalue weighted by Gasteiger charge is 2.13. The van der Waals surface area contributed by atoms with Crippen molar-refractivity contribution in [2.75, 3.05) is 10.7 Å². The molecule has 0 radical (unpaired) electrons. The van der Waals surface area contributed by atoms with Gasteiger partial charge in [-0.1, -0.05) is 18.5 Å². The van der Waals surface area contributed by atoms with Crippen LogP contribution in [-0.2, 0) is 6.42 Å². The number of hydrogen-bond donors (Lipinski definition) is 3. The molecule has 0 fully saturated rings. The number of rotatable bonds is 5. The van der Waals surface area contributed by atoms with Gasteiger partial charge >= 0.3 is 0 Å². The van der Waals surface area contributed by atoms with Gasteiger partial charge in [-0.2, -0.15) is 4.98 Å². The van der Waals surface area contributed by atoms with Crippen LogP contribution >= 0.6 is 22.9 Å². The maximum absolute atomic E-state index is 6.04. The third-order valence-electron chi connectivity index (χ3n) is 2.52. The van der Waals surface area contributed by atoms with Gasteiger partial charge in [-0.3, -0.25) is 5.43 Å². The van der Waals surface area contributed by atoms with Gasteiger partial charge in [-0.05, 0) is 13.3 Å². The smallest absolute Gasteiger partial charge is 0.239 e. The van der Waals surface area contributed by atoms with Gasteiger partial charge in [0.2, 0.25) is 5.95 Å². The van der Waals surface area contributed by atoms with Gasteiger partial charge in [-0.15, -0.1) is 11.3 Å². The Morgan fingerprint density at radius 2 is 2.21 bits per heavy atom. The molecule has 0 spiro atoms. The highest BCUT2D eigenvalue weighted by molar-refractivity contribution is 7.11. The summed E-state index contributed by atoms with van der Waals surface area (Å²) in [6.07, 6.45) is 4.38. The SMILES string of the molecule is CCc1cnc(C(C)Nc2nc(NN)ncc2Cl)s1. The zero-order valence-electron chi connectivity index (χ0n) is 10.6. The summed E-state index contributed by atoms with van der Waals surface area (Å²) in [4.78, 5) is 13.7. The first-order valence-corrected chi connectivity index (χ1v) is 7.03. The molecule has 1 atom stereocenters. The summed E-state index contributed by atoms with van der Waals surface area (Å²) in [7, 11) is 0. The van der Waals surface area contributed by atoms with Crippen LogP contribution in [0.3, 0.4) is 0 Å². The molecule has 0 saturated carbocycles. The number of nitrogen functional groups attached to an aromatic ring is 1. The second-order valence-electron chi connectivity index (χ2n) is 3.92. The number of aryl methyl sites for hydroxylation is 1. The molecule has 2 aromatic rings. The fourth-order valence-corrected chi connectivity index (χ4v) is 2.50. The number of halogens is 1. The molecule has 2 aromatic heterocycles. The average Bonchev–Trinajstić information content (AvgIpc) is 2.90. The molecule has 0 aliphatic rings. The lowest BCUT2D eigenvalue weighted by atomic mass is 10.3. The normalized spacial score (nSPS) is 12.2. The standard InChI is InChI=1S/C11H15ClN6S/c1-3-7-4-14-10(19-7)6(2)16-9-8(12)5-15-11(17-9)18-13/h4-6H,3,13H2,1-2H3,(H2,15,16,17,18). The third-order valence-corrected chi connectivity index (χ3v) is 4.12. The van der Waals surface area contributed by atoms with Gasteiger partial charge < -0.3 is 5.32 Å². The van der Waals surface area contributed by atoms with Crippen LogP contribution in [0.15, 0.2) is 12.4 Å². The fourth-order valence-electron chi connectivity index (χ4n) is 1.49. The van der Waals surface area contributed by atoms with Crippen molar-refractivity contribution in [3.05, 3.63) is 27.3 Å². The summed E-state index contributed by atoms with van der Waals surface area (Å²) in [5.74, 6) is 6.12. The van der Waals surface area contributed by atoms with E-state index in [0.717, 1.165) is 11.4 Å². The molecule has 8 heteroatoms. The Morgan fingerprint density at radius 1 is 1.42 bits per heavy atom. The number of aromatic nitrogens is 3. The lowest BCUT2D eigenvalue weighted by Crippen LogP contribution is -2.13. The van der Waals surface area contributed by atoms with Crippen molar-refractivity contribution >= 4 is 34.7 Å². The fraction of sp³-hybridized carbons (Fsp3) is 0.364. The monoisotopic (exact) mass is 298 g/mol. The number of hydrazine groups is 1. The Kier molecular flexibility index (Phi) is 4.52. The second kappa shape index (κ2) is 6.14. The van der Waals surface area contributed by atoms with Gasteiger partial charge in [0.1, 0.15) is 10.0 Å². The van der Waals surface area contributed by atoms with Gasteiger partial charge in [0.15, 0.2) is 5.82 Å². The van der Waals surface area contributed by atoms with Crippen LogP contribution in [0.5, 0.6) is 0 Å². The highest BCUT2D eigenvalue weighted by Crippen LogP contribution is 2.26. The van der Waals surface area contributed by atoms with Crippen LogP contribution in [0.2, 0.25) is 5.02 Å². The predicted molar refractivity (Wildman–Crippen MR) is 78.4 cm³/mol. The Morgan fingerprint density at radius 3 is 2.84 bits per heavy atom. The molecule has 0 bridgehead atoms. The Bertz CT molecular complexity index is 558. The minimum absolute atomic E-state index is 0.0170. The molecule has 6 nitrogen and oxygen atoms in total. The number of nitrogens with one attached hydrogen (secondary N) is 2. The van der Waals surface area contributed by atoms with Crippen molar-refractivity contribution in [2.45, 2.75) is 26.3 Å². The number of nitrogens with zero attached hydrogens (tertiary/aromatic N) is 3. The van der Waals surface area contributed by atoms with E-state index in [1.54, 1.807) is 11.3 Å². The zero-order chi connectivity index (χ0) is 13.8. The molecular formula is C11H15ClN6S. The molecule has 0 aliphatic heterocycles. The molecule has 0 aliphatic carbocycles. The molecule has 2 heterocycles. The van der Waals surface area contributed by atoms with Crippen LogP contribution in [0.25, 0.3) is 0 Å². The van der Waals surface area contributed by atoms with Gasteiger partial charge in [0.25, 0.3) is 0 Å². The minimum Gasteiger partial charge on any atom is -0.360 e. The van der Waals surface area contributed by atoms with Gasteiger partial charge in [0.05, 0.1) is 12.2 Å². The lowest BCUT2D eigenvalue weighted by Gasteiger charge is -2.13. The van der Waals surface area contributed by atoms with Crippen molar-refractivity contribution in [1.82, 2.24) is 15.0 Å². The molecule has 1 unspecified atom stereocenters. The molecule has 19 heavy (non-hydrogen) atoms. The quantitative estimate of drug-likeness (QED) is 0.581. The summed E-state index contributed by atoms with van der Waals surface area (Å²) >= 11 is 7.72. The van der Waals surface area contributed by atoms with Crippen LogP contribution < -0.4 is 16.6 Å². The summed E-state index contributed by atoms with van der Waals surface area (Å²) in [5.41, 5.74) is 2.39. The Hall–Kier alpha value is -1.44. The van der Waals surface area contributed by atoms with E-state index in [2.05, 4.69) is 32.6 Å². The molecule has 102 valence electrons. The lowest BCUT2D eigenvalue weighted by molar-refractivity contribution is 0.858. The van der Waals surface area contributed by atoms with E-state index in [4.69, 9.17) is 17.4 Å². The van der Waals surface area contributed by atoms with E-state index in [-0.39, 0.29) is 6.04 Å². The minimum atomic E-state index is 0.0170. The Labute approximate surface area is 120 Å². The summed E-state index contributed by atoms with van der Waals surface area (Å²) < 4.78 is 0. The van der Waals surface area contributed by atoms with Crippen molar-refractivity contribution < 1.29 is 0 Å². The van der Waals surface area contributed by atoms with E-state index < -0.39 is 0 Å². The Balaban J connectivity index is 2.15. The summed E-state index contributed by atoms with van der Waals surface area (Å²) in [6, 6.07) is 0.0170. The van der Waals surface area contributed by atoms with E-state index in [1.807, 2.05) is 13.1 Å². The first kappa shape index (κ1) is 14.0. The average molecular weight is 299 g/mol. The summed E-state index contributed by atoms with van der Waals surface area (Å²) in [5, 5.41) is 4.64. The van der Waals surface area contributed by atoms with Crippen LogP contribution in [0.1, 0.15) is 29.8 Å². The number of thiazole rings is 1.